The molecule has 0 spiro atoms. The standard InChI is InChI=1S/C19H25Cl2N3O6.ClH/c20-18(21)19(27)22-15(17(26)13-4-6-14(7-5-13)24(28)29)12-30-16(25)8-11-23-9-2-1-3-10-23;/h4-7,15,17-18,26H,1-3,8-12H2,(H,22,27);1H. The number of carbonyl (C=O) groups excluding carboxylic acids is 2. The average molecular weight is 499 g/mol. The molecule has 0 aromatic heterocycles. The van der Waals surface area contributed by atoms with Gasteiger partial charge in [0.15, 0.2) is 4.84 Å². The minimum Gasteiger partial charge on any atom is -0.463 e. The lowest BCUT2D eigenvalue weighted by Crippen LogP contribution is -2.45. The Balaban J connectivity index is 0.00000480. The first kappa shape index (κ1) is 27.4. The Kier molecular flexibility index (Phi) is 12.1. The summed E-state index contributed by atoms with van der Waals surface area (Å²) in [7, 11) is 0. The molecular formula is C19H26Cl3N3O6. The first-order valence-electron chi connectivity index (χ1n) is 9.67. The van der Waals surface area contributed by atoms with Crippen molar-refractivity contribution in [1.29, 1.82) is 0 Å². The number of nitrogens with zero attached hydrogens (tertiary/aromatic N) is 2. The minimum atomic E-state index is -1.37. The quantitative estimate of drug-likeness (QED) is 0.220. The molecule has 1 amide bonds. The maximum atomic E-state index is 12.1. The zero-order valence-corrected chi connectivity index (χ0v) is 19.1. The largest absolute Gasteiger partial charge is 0.463 e. The van der Waals surface area contributed by atoms with Crippen LogP contribution < -0.4 is 5.32 Å². The number of halogens is 3. The van der Waals surface area contributed by atoms with Crippen molar-refractivity contribution in [3.05, 3.63) is 39.9 Å². The summed E-state index contributed by atoms with van der Waals surface area (Å²) in [6, 6.07) is 4.15. The van der Waals surface area contributed by atoms with Crippen molar-refractivity contribution in [2.75, 3.05) is 26.2 Å². The Morgan fingerprint density at radius 3 is 2.35 bits per heavy atom. The fraction of sp³-hybridized carbons (Fsp3) is 0.579. The van der Waals surface area contributed by atoms with Crippen LogP contribution >= 0.6 is 35.6 Å². The molecule has 1 aromatic carbocycles. The van der Waals surface area contributed by atoms with Crippen molar-refractivity contribution in [1.82, 2.24) is 10.2 Å². The fourth-order valence-corrected chi connectivity index (χ4v) is 3.30. The van der Waals surface area contributed by atoms with E-state index in [0.717, 1.165) is 25.9 Å². The molecule has 2 N–H and O–H groups in total. The van der Waals surface area contributed by atoms with Crippen molar-refractivity contribution < 1.29 is 24.4 Å². The van der Waals surface area contributed by atoms with E-state index in [0.29, 0.717) is 12.1 Å². The van der Waals surface area contributed by atoms with E-state index in [2.05, 4.69) is 10.2 Å². The van der Waals surface area contributed by atoms with E-state index in [9.17, 15) is 24.8 Å². The van der Waals surface area contributed by atoms with Gasteiger partial charge in [0.05, 0.1) is 17.4 Å². The molecule has 0 aliphatic carbocycles. The lowest BCUT2D eigenvalue weighted by Gasteiger charge is -2.26. The number of carbonyl (C=O) groups is 2. The number of benzene rings is 1. The Bertz CT molecular complexity index is 729. The molecule has 9 nitrogen and oxygen atoms in total. The summed E-state index contributed by atoms with van der Waals surface area (Å²) in [6.45, 7) is 2.20. The molecule has 31 heavy (non-hydrogen) atoms. The number of alkyl halides is 2. The predicted octanol–water partition coefficient (Wildman–Crippen LogP) is 2.76. The maximum Gasteiger partial charge on any atom is 0.307 e. The van der Waals surface area contributed by atoms with Gasteiger partial charge in [0.1, 0.15) is 12.7 Å². The molecule has 1 aromatic rings. The number of non-ortho nitro benzene ring substituents is 1. The van der Waals surface area contributed by atoms with Gasteiger partial charge < -0.3 is 20.1 Å². The molecule has 12 heteroatoms. The molecular weight excluding hydrogens is 473 g/mol. The number of rotatable bonds is 10. The number of aliphatic hydroxyl groups excluding tert-OH is 1. The summed E-state index contributed by atoms with van der Waals surface area (Å²) in [5.74, 6) is -1.21. The van der Waals surface area contributed by atoms with Crippen molar-refractivity contribution in [2.45, 2.75) is 42.7 Å². The molecule has 2 rings (SSSR count). The maximum absolute atomic E-state index is 12.1. The molecule has 0 bridgehead atoms. The molecule has 1 saturated heterocycles. The molecule has 1 fully saturated rings. The summed E-state index contributed by atoms with van der Waals surface area (Å²) in [6.07, 6.45) is 2.33. The number of amides is 1. The zero-order chi connectivity index (χ0) is 22.1. The van der Waals surface area contributed by atoms with Crippen LogP contribution in [0.2, 0.25) is 0 Å². The third-order valence-corrected chi connectivity index (χ3v) is 5.25. The van der Waals surface area contributed by atoms with Crippen LogP contribution in [-0.4, -0.2) is 63.9 Å². The van der Waals surface area contributed by atoms with Crippen molar-refractivity contribution in [3.8, 4) is 0 Å². The van der Waals surface area contributed by atoms with Gasteiger partial charge in [-0.15, -0.1) is 12.4 Å². The number of esters is 1. The number of aliphatic hydroxyl groups is 1. The van der Waals surface area contributed by atoms with Gasteiger partial charge in [-0.1, -0.05) is 29.6 Å². The van der Waals surface area contributed by atoms with Crippen LogP contribution in [0.3, 0.4) is 0 Å². The first-order valence-corrected chi connectivity index (χ1v) is 10.5. The average Bonchev–Trinajstić information content (AvgIpc) is 2.75. The molecule has 2 atom stereocenters. The smallest absolute Gasteiger partial charge is 0.307 e. The monoisotopic (exact) mass is 497 g/mol. The number of likely N-dealkylation sites (tertiary alicyclic amines) is 1. The topological polar surface area (TPSA) is 122 Å². The van der Waals surface area contributed by atoms with E-state index in [1.54, 1.807) is 0 Å². The van der Waals surface area contributed by atoms with Gasteiger partial charge in [-0.3, -0.25) is 19.7 Å². The Labute approximate surface area is 196 Å². The predicted molar refractivity (Wildman–Crippen MR) is 119 cm³/mol. The number of nitro groups is 1. The molecule has 174 valence electrons. The van der Waals surface area contributed by atoms with E-state index < -0.39 is 33.8 Å². The normalized spacial score (nSPS) is 16.1. The van der Waals surface area contributed by atoms with Crippen LogP contribution in [-0.2, 0) is 14.3 Å². The molecule has 1 heterocycles. The Morgan fingerprint density at radius 1 is 1.19 bits per heavy atom. The molecule has 0 saturated carbocycles. The van der Waals surface area contributed by atoms with E-state index in [1.807, 2.05) is 0 Å². The zero-order valence-electron chi connectivity index (χ0n) is 16.7. The lowest BCUT2D eigenvalue weighted by atomic mass is 10.0. The van der Waals surface area contributed by atoms with Crippen molar-refractivity contribution >= 4 is 53.2 Å². The van der Waals surface area contributed by atoms with Gasteiger partial charge in [0, 0.05) is 18.7 Å². The van der Waals surface area contributed by atoms with Crippen molar-refractivity contribution in [3.63, 3.8) is 0 Å². The van der Waals surface area contributed by atoms with Gasteiger partial charge in [-0.05, 0) is 43.6 Å². The van der Waals surface area contributed by atoms with Crippen LogP contribution in [0.1, 0.15) is 37.4 Å². The summed E-state index contributed by atoms with van der Waals surface area (Å²) in [5.41, 5.74) is 0.160. The lowest BCUT2D eigenvalue weighted by molar-refractivity contribution is -0.384. The summed E-state index contributed by atoms with van der Waals surface area (Å²) < 4.78 is 5.25. The van der Waals surface area contributed by atoms with Gasteiger partial charge >= 0.3 is 5.97 Å². The summed E-state index contributed by atoms with van der Waals surface area (Å²) in [4.78, 5) is 35.1. The summed E-state index contributed by atoms with van der Waals surface area (Å²) >= 11 is 11.1. The number of hydrogen-bond donors (Lipinski definition) is 2. The Morgan fingerprint density at radius 2 is 1.81 bits per heavy atom. The highest BCUT2D eigenvalue weighted by Crippen LogP contribution is 2.21. The van der Waals surface area contributed by atoms with Crippen LogP contribution in [0.4, 0.5) is 5.69 Å². The minimum absolute atomic E-state index is 0. The van der Waals surface area contributed by atoms with E-state index in [4.69, 9.17) is 27.9 Å². The number of hydrogen-bond acceptors (Lipinski definition) is 7. The highest BCUT2D eigenvalue weighted by Gasteiger charge is 2.27. The van der Waals surface area contributed by atoms with E-state index >= 15 is 0 Å². The highest BCUT2D eigenvalue weighted by atomic mass is 35.5. The molecule has 1 aliphatic heterocycles. The number of nitrogens with one attached hydrogen (secondary N) is 1. The van der Waals surface area contributed by atoms with Crippen LogP contribution in [0.5, 0.6) is 0 Å². The highest BCUT2D eigenvalue weighted by molar-refractivity contribution is 6.53. The second-order valence-corrected chi connectivity index (χ2v) is 8.14. The van der Waals surface area contributed by atoms with Crippen LogP contribution in [0.25, 0.3) is 0 Å². The number of nitro benzene ring substituents is 1. The number of piperidine rings is 1. The third kappa shape index (κ3) is 9.16. The SMILES string of the molecule is Cl.O=C(CCN1CCCCC1)OCC(NC(=O)C(Cl)Cl)C(O)c1ccc([N+](=O)[O-])cc1. The fourth-order valence-electron chi connectivity index (χ4n) is 3.17. The van der Waals surface area contributed by atoms with Gasteiger partial charge in [0.25, 0.3) is 11.6 Å². The Hall–Kier alpha value is -1.65. The third-order valence-electron chi connectivity index (χ3n) is 4.86. The first-order chi connectivity index (χ1) is 14.3. The van der Waals surface area contributed by atoms with Gasteiger partial charge in [-0.25, -0.2) is 0 Å². The van der Waals surface area contributed by atoms with Crippen LogP contribution in [0.15, 0.2) is 24.3 Å². The van der Waals surface area contributed by atoms with Gasteiger partial charge in [0.2, 0.25) is 0 Å². The summed E-state index contributed by atoms with van der Waals surface area (Å²) in [5, 5.41) is 23.8. The second-order valence-electron chi connectivity index (χ2n) is 7.04. The second kappa shape index (κ2) is 13.7. The molecule has 1 aliphatic rings. The van der Waals surface area contributed by atoms with Gasteiger partial charge in [-0.2, -0.15) is 0 Å². The molecule has 0 radical (unpaired) electrons. The van der Waals surface area contributed by atoms with Crippen LogP contribution in [0, 0.1) is 10.1 Å². The molecule has 2 unspecified atom stereocenters. The van der Waals surface area contributed by atoms with Crippen molar-refractivity contribution in [2.24, 2.45) is 0 Å². The number of ether oxygens (including phenoxy) is 1. The van der Waals surface area contributed by atoms with E-state index in [-0.39, 0.29) is 31.1 Å². The van der Waals surface area contributed by atoms with E-state index in [1.165, 1.54) is 30.7 Å².